The van der Waals surface area contributed by atoms with E-state index in [1.807, 2.05) is 18.2 Å². The van der Waals surface area contributed by atoms with Crippen molar-refractivity contribution in [2.45, 2.75) is 32.7 Å². The highest BCUT2D eigenvalue weighted by Crippen LogP contribution is 2.21. The minimum absolute atomic E-state index is 0.0426. The van der Waals surface area contributed by atoms with Crippen molar-refractivity contribution in [2.24, 2.45) is 5.92 Å². The third-order valence-electron chi connectivity index (χ3n) is 2.69. The number of hydrogen-bond acceptors (Lipinski definition) is 5. The lowest BCUT2D eigenvalue weighted by atomic mass is 10.0. The molecule has 0 aromatic carbocycles. The van der Waals surface area contributed by atoms with E-state index in [2.05, 4.69) is 44.8 Å². The van der Waals surface area contributed by atoms with E-state index < -0.39 is 0 Å². The molecule has 0 saturated carbocycles. The quantitative estimate of drug-likeness (QED) is 0.816. The summed E-state index contributed by atoms with van der Waals surface area (Å²) in [4.78, 5) is 4.26. The van der Waals surface area contributed by atoms with Crippen molar-refractivity contribution in [1.82, 2.24) is 25.6 Å². The van der Waals surface area contributed by atoms with Gasteiger partial charge in [-0.25, -0.2) is 4.98 Å². The van der Waals surface area contributed by atoms with E-state index in [9.17, 15) is 0 Å². The third kappa shape index (κ3) is 3.51. The number of anilines is 1. The molecule has 6 heteroatoms. The van der Waals surface area contributed by atoms with E-state index in [1.165, 1.54) is 0 Å². The zero-order valence-electron chi connectivity index (χ0n) is 10.7. The molecule has 0 fully saturated rings. The van der Waals surface area contributed by atoms with Crippen LogP contribution in [0.5, 0.6) is 0 Å². The second kappa shape index (κ2) is 6.09. The maximum Gasteiger partial charge on any atom is 0.196 e. The molecule has 0 bridgehead atoms. The summed E-state index contributed by atoms with van der Waals surface area (Å²) in [6.07, 6.45) is 3.81. The Balaban J connectivity index is 2.05. The Morgan fingerprint density at radius 3 is 2.78 bits per heavy atom. The molecule has 2 aromatic heterocycles. The second-order valence-corrected chi connectivity index (χ2v) is 4.65. The lowest BCUT2D eigenvalue weighted by Gasteiger charge is -2.16. The maximum atomic E-state index is 4.26. The van der Waals surface area contributed by atoms with Crippen molar-refractivity contribution in [3.8, 4) is 0 Å². The monoisotopic (exact) mass is 246 g/mol. The van der Waals surface area contributed by atoms with E-state index >= 15 is 0 Å². The SMILES string of the molecule is CC(C)CCC(Nc1ccccn1)c1nn[nH]n1. The topological polar surface area (TPSA) is 79.4 Å². The summed E-state index contributed by atoms with van der Waals surface area (Å²) in [5.41, 5.74) is 0. The van der Waals surface area contributed by atoms with Crippen molar-refractivity contribution in [3.63, 3.8) is 0 Å². The average Bonchev–Trinajstić information content (AvgIpc) is 2.89. The Labute approximate surface area is 106 Å². The molecule has 0 aliphatic heterocycles. The highest BCUT2D eigenvalue weighted by molar-refractivity contribution is 5.35. The van der Waals surface area contributed by atoms with Crippen molar-refractivity contribution >= 4 is 5.82 Å². The van der Waals surface area contributed by atoms with Crippen LogP contribution in [0.3, 0.4) is 0 Å². The molecule has 2 heterocycles. The van der Waals surface area contributed by atoms with Gasteiger partial charge in [0, 0.05) is 6.20 Å². The first-order chi connectivity index (χ1) is 8.75. The Kier molecular flexibility index (Phi) is 4.22. The standard InChI is InChI=1S/C12H18N6/c1-9(2)6-7-10(12-15-17-18-16-12)14-11-5-3-4-8-13-11/h3-5,8-10H,6-7H2,1-2H3,(H,13,14)(H,15,16,17,18). The summed E-state index contributed by atoms with van der Waals surface area (Å²) in [6.45, 7) is 4.40. The van der Waals surface area contributed by atoms with Crippen LogP contribution in [0.1, 0.15) is 38.6 Å². The van der Waals surface area contributed by atoms with Gasteiger partial charge in [-0.1, -0.05) is 25.1 Å². The summed E-state index contributed by atoms with van der Waals surface area (Å²) < 4.78 is 0. The highest BCUT2D eigenvalue weighted by atomic mass is 15.5. The van der Waals surface area contributed by atoms with Crippen molar-refractivity contribution in [1.29, 1.82) is 0 Å². The van der Waals surface area contributed by atoms with E-state index in [4.69, 9.17) is 0 Å². The number of nitrogens with zero attached hydrogens (tertiary/aromatic N) is 4. The molecule has 6 nitrogen and oxygen atoms in total. The van der Waals surface area contributed by atoms with Gasteiger partial charge in [0.05, 0.1) is 6.04 Å². The Morgan fingerprint density at radius 2 is 2.17 bits per heavy atom. The first-order valence-corrected chi connectivity index (χ1v) is 6.16. The lowest BCUT2D eigenvalue weighted by molar-refractivity contribution is 0.510. The van der Waals surface area contributed by atoms with Crippen LogP contribution in [0.15, 0.2) is 24.4 Å². The van der Waals surface area contributed by atoms with Crippen LogP contribution >= 0.6 is 0 Å². The number of tetrazole rings is 1. The molecule has 1 unspecified atom stereocenters. The summed E-state index contributed by atoms with van der Waals surface area (Å²) >= 11 is 0. The number of H-pyrrole nitrogens is 1. The van der Waals surface area contributed by atoms with Gasteiger partial charge >= 0.3 is 0 Å². The largest absolute Gasteiger partial charge is 0.360 e. The van der Waals surface area contributed by atoms with Gasteiger partial charge in [-0.05, 0) is 30.9 Å². The third-order valence-corrected chi connectivity index (χ3v) is 2.69. The van der Waals surface area contributed by atoms with Crippen molar-refractivity contribution in [3.05, 3.63) is 30.2 Å². The van der Waals surface area contributed by atoms with Crippen LogP contribution in [0, 0.1) is 5.92 Å². The Morgan fingerprint density at radius 1 is 1.28 bits per heavy atom. The molecule has 0 aliphatic carbocycles. The fourth-order valence-corrected chi connectivity index (χ4v) is 1.71. The van der Waals surface area contributed by atoms with Gasteiger partial charge < -0.3 is 5.32 Å². The van der Waals surface area contributed by atoms with Crippen LogP contribution in [0.4, 0.5) is 5.82 Å². The first kappa shape index (κ1) is 12.5. The van der Waals surface area contributed by atoms with Gasteiger partial charge in [-0.3, -0.25) is 0 Å². The van der Waals surface area contributed by atoms with Crippen LogP contribution < -0.4 is 5.32 Å². The molecule has 0 aliphatic rings. The zero-order chi connectivity index (χ0) is 12.8. The highest BCUT2D eigenvalue weighted by Gasteiger charge is 2.16. The minimum Gasteiger partial charge on any atom is -0.360 e. The molecule has 2 aromatic rings. The number of rotatable bonds is 6. The molecule has 2 rings (SSSR count). The summed E-state index contributed by atoms with van der Waals surface area (Å²) in [7, 11) is 0. The predicted octanol–water partition coefficient (Wildman–Crippen LogP) is 2.18. The van der Waals surface area contributed by atoms with Crippen molar-refractivity contribution in [2.75, 3.05) is 5.32 Å². The van der Waals surface area contributed by atoms with Gasteiger partial charge in [0.1, 0.15) is 5.82 Å². The second-order valence-electron chi connectivity index (χ2n) is 4.65. The van der Waals surface area contributed by atoms with Crippen molar-refractivity contribution < 1.29 is 0 Å². The van der Waals surface area contributed by atoms with Crippen LogP contribution in [-0.4, -0.2) is 25.6 Å². The lowest BCUT2D eigenvalue weighted by Crippen LogP contribution is -2.14. The summed E-state index contributed by atoms with van der Waals surface area (Å²) in [5, 5.41) is 17.6. The molecule has 96 valence electrons. The molecule has 18 heavy (non-hydrogen) atoms. The Bertz CT molecular complexity index is 439. The van der Waals surface area contributed by atoms with Crippen LogP contribution in [-0.2, 0) is 0 Å². The Hall–Kier alpha value is -1.98. The molecule has 0 saturated heterocycles. The van der Waals surface area contributed by atoms with E-state index in [1.54, 1.807) is 6.20 Å². The number of pyridine rings is 1. The van der Waals surface area contributed by atoms with E-state index in [0.717, 1.165) is 18.7 Å². The average molecular weight is 246 g/mol. The molecule has 1 atom stereocenters. The fraction of sp³-hybridized carbons (Fsp3) is 0.500. The number of hydrogen-bond donors (Lipinski definition) is 2. The molecule has 0 amide bonds. The maximum absolute atomic E-state index is 4.26. The van der Waals surface area contributed by atoms with E-state index in [-0.39, 0.29) is 6.04 Å². The van der Waals surface area contributed by atoms with Gasteiger partial charge in [-0.2, -0.15) is 5.21 Å². The van der Waals surface area contributed by atoms with Gasteiger partial charge in [0.25, 0.3) is 0 Å². The summed E-state index contributed by atoms with van der Waals surface area (Å²) in [6, 6.07) is 5.82. The molecular formula is C12H18N6. The molecular weight excluding hydrogens is 228 g/mol. The van der Waals surface area contributed by atoms with Gasteiger partial charge in [0.2, 0.25) is 0 Å². The van der Waals surface area contributed by atoms with E-state index in [0.29, 0.717) is 11.7 Å². The fourth-order valence-electron chi connectivity index (χ4n) is 1.71. The zero-order valence-corrected chi connectivity index (χ0v) is 10.7. The van der Waals surface area contributed by atoms with Crippen LogP contribution in [0.2, 0.25) is 0 Å². The predicted molar refractivity (Wildman–Crippen MR) is 68.9 cm³/mol. The van der Waals surface area contributed by atoms with Gasteiger partial charge in [0.15, 0.2) is 5.82 Å². The minimum atomic E-state index is 0.0426. The number of nitrogens with one attached hydrogen (secondary N) is 2. The van der Waals surface area contributed by atoms with Crippen LogP contribution in [0.25, 0.3) is 0 Å². The smallest absolute Gasteiger partial charge is 0.196 e. The number of aromatic amines is 1. The summed E-state index contributed by atoms with van der Waals surface area (Å²) in [5.74, 6) is 2.15. The molecule has 2 N–H and O–H groups in total. The number of aromatic nitrogens is 5. The molecule has 0 spiro atoms. The normalized spacial score (nSPS) is 12.6. The van der Waals surface area contributed by atoms with Gasteiger partial charge in [-0.15, -0.1) is 10.2 Å². The molecule has 0 radical (unpaired) electrons. The first-order valence-electron chi connectivity index (χ1n) is 6.16.